The zero-order chi connectivity index (χ0) is 19.1. The second-order valence-electron chi connectivity index (χ2n) is 6.41. The number of rotatable bonds is 4. The molecule has 11 heteroatoms. The molecule has 0 bridgehead atoms. The SMILES string of the molecule is CC1(C)CC(S(=O)(=O)Cc2noc3cc(F)c(NC(=O)CBr)cc23)=NO1. The average Bonchev–Trinajstić information content (AvgIpc) is 3.11. The van der Waals surface area contributed by atoms with Crippen molar-refractivity contribution in [2.24, 2.45) is 5.16 Å². The first-order valence-electron chi connectivity index (χ1n) is 7.53. The minimum atomic E-state index is -3.78. The van der Waals surface area contributed by atoms with Crippen molar-refractivity contribution in [1.29, 1.82) is 0 Å². The number of nitrogens with one attached hydrogen (secondary N) is 1. The lowest BCUT2D eigenvalue weighted by atomic mass is 10.1. The monoisotopic (exact) mass is 447 g/mol. The van der Waals surface area contributed by atoms with E-state index in [2.05, 4.69) is 31.6 Å². The van der Waals surface area contributed by atoms with Crippen LogP contribution in [-0.2, 0) is 25.2 Å². The summed E-state index contributed by atoms with van der Waals surface area (Å²) in [6, 6.07) is 2.34. The first-order chi connectivity index (χ1) is 12.1. The van der Waals surface area contributed by atoms with Crippen LogP contribution in [0.3, 0.4) is 0 Å². The lowest BCUT2D eigenvalue weighted by Crippen LogP contribution is -2.23. The minimum Gasteiger partial charge on any atom is -0.389 e. The second kappa shape index (κ2) is 6.62. The van der Waals surface area contributed by atoms with Crippen molar-refractivity contribution in [3.63, 3.8) is 0 Å². The van der Waals surface area contributed by atoms with E-state index in [9.17, 15) is 17.6 Å². The largest absolute Gasteiger partial charge is 0.389 e. The Balaban J connectivity index is 1.93. The van der Waals surface area contributed by atoms with Gasteiger partial charge in [-0.25, -0.2) is 12.8 Å². The lowest BCUT2D eigenvalue weighted by molar-refractivity contribution is -0.113. The summed E-state index contributed by atoms with van der Waals surface area (Å²) in [7, 11) is -3.78. The molecule has 1 aromatic heterocycles. The fourth-order valence-corrected chi connectivity index (χ4v) is 4.02. The smallest absolute Gasteiger partial charge is 0.235 e. The zero-order valence-corrected chi connectivity index (χ0v) is 16.3. The maximum absolute atomic E-state index is 14.0. The molecule has 1 amide bonds. The van der Waals surface area contributed by atoms with Crippen molar-refractivity contribution in [2.45, 2.75) is 31.6 Å². The number of anilines is 1. The molecule has 1 N–H and O–H groups in total. The van der Waals surface area contributed by atoms with Gasteiger partial charge in [-0.15, -0.1) is 0 Å². The summed E-state index contributed by atoms with van der Waals surface area (Å²) >= 11 is 2.97. The minimum absolute atomic E-state index is 0.00897. The van der Waals surface area contributed by atoms with Crippen LogP contribution in [0, 0.1) is 5.82 Å². The van der Waals surface area contributed by atoms with E-state index in [1.165, 1.54) is 6.07 Å². The van der Waals surface area contributed by atoms with E-state index in [1.807, 2.05) is 0 Å². The van der Waals surface area contributed by atoms with Crippen LogP contribution in [0.4, 0.5) is 10.1 Å². The first kappa shape index (κ1) is 18.8. The fraction of sp³-hybridized carbons (Fsp3) is 0.400. The molecule has 0 radical (unpaired) electrons. The van der Waals surface area contributed by atoms with Gasteiger partial charge < -0.3 is 14.7 Å². The third kappa shape index (κ3) is 3.73. The van der Waals surface area contributed by atoms with Crippen LogP contribution in [0.5, 0.6) is 0 Å². The van der Waals surface area contributed by atoms with Crippen LogP contribution in [0.2, 0.25) is 0 Å². The molecule has 0 unspecified atom stereocenters. The quantitative estimate of drug-likeness (QED) is 0.721. The molecule has 1 aromatic carbocycles. The summed E-state index contributed by atoms with van der Waals surface area (Å²) in [5, 5.41) is 9.96. The van der Waals surface area contributed by atoms with E-state index < -0.39 is 32.9 Å². The lowest BCUT2D eigenvalue weighted by Gasteiger charge is -2.13. The van der Waals surface area contributed by atoms with Gasteiger partial charge in [-0.2, -0.15) is 0 Å². The molecule has 3 rings (SSSR count). The predicted molar refractivity (Wildman–Crippen MR) is 96.2 cm³/mol. The highest BCUT2D eigenvalue weighted by Gasteiger charge is 2.36. The summed E-state index contributed by atoms with van der Waals surface area (Å²) in [4.78, 5) is 16.6. The maximum atomic E-state index is 14.0. The Kier molecular flexibility index (Phi) is 4.78. The van der Waals surface area contributed by atoms with Gasteiger partial charge in [-0.05, 0) is 19.9 Å². The second-order valence-corrected chi connectivity index (χ2v) is 8.96. The molecule has 0 aliphatic carbocycles. The number of hydrogen-bond acceptors (Lipinski definition) is 7. The predicted octanol–water partition coefficient (Wildman–Crippen LogP) is 2.73. The van der Waals surface area contributed by atoms with Crippen molar-refractivity contribution in [3.05, 3.63) is 23.6 Å². The zero-order valence-electron chi connectivity index (χ0n) is 13.9. The summed E-state index contributed by atoms with van der Waals surface area (Å²) in [5.41, 5.74) is -0.604. The van der Waals surface area contributed by atoms with Crippen LogP contribution in [0.25, 0.3) is 11.0 Å². The van der Waals surface area contributed by atoms with Crippen molar-refractivity contribution < 1.29 is 27.0 Å². The highest BCUT2D eigenvalue weighted by Crippen LogP contribution is 2.30. The van der Waals surface area contributed by atoms with E-state index in [0.29, 0.717) is 5.39 Å². The summed E-state index contributed by atoms with van der Waals surface area (Å²) in [5.74, 6) is -1.64. The number of alkyl halides is 1. The van der Waals surface area contributed by atoms with Crippen LogP contribution in [0.1, 0.15) is 26.0 Å². The third-order valence-corrected chi connectivity index (χ3v) is 5.79. The topological polar surface area (TPSA) is 111 Å². The molecule has 0 saturated heterocycles. The highest BCUT2D eigenvalue weighted by atomic mass is 79.9. The number of aromatic nitrogens is 1. The standard InChI is InChI=1S/C15H15BrFN3O5S/c1-15(2)5-14(20-25-15)26(22,23)7-11-8-3-10(18-13(21)6-16)9(17)4-12(8)24-19-11/h3-4H,5-7H2,1-2H3,(H,18,21). The number of carbonyl (C=O) groups excluding carboxylic acids is 1. The van der Waals surface area contributed by atoms with Gasteiger partial charge in [0.2, 0.25) is 15.7 Å². The van der Waals surface area contributed by atoms with Gasteiger partial charge in [-0.3, -0.25) is 4.79 Å². The van der Waals surface area contributed by atoms with Gasteiger partial charge in [0, 0.05) is 17.9 Å². The Bertz CT molecular complexity index is 1020. The molecule has 1 aliphatic rings. The summed E-state index contributed by atoms with van der Waals surface area (Å²) < 4.78 is 44.2. The molecule has 0 atom stereocenters. The normalized spacial score (nSPS) is 16.4. The molecule has 140 valence electrons. The number of carbonyl (C=O) groups is 1. The van der Waals surface area contributed by atoms with E-state index in [0.717, 1.165) is 6.07 Å². The van der Waals surface area contributed by atoms with E-state index in [1.54, 1.807) is 13.8 Å². The van der Waals surface area contributed by atoms with Gasteiger partial charge in [-0.1, -0.05) is 26.2 Å². The van der Waals surface area contributed by atoms with E-state index >= 15 is 0 Å². The number of nitrogens with zero attached hydrogens (tertiary/aromatic N) is 2. The summed E-state index contributed by atoms with van der Waals surface area (Å²) in [6.45, 7) is 3.46. The Morgan fingerprint density at radius 2 is 2.15 bits per heavy atom. The van der Waals surface area contributed by atoms with Crippen molar-refractivity contribution in [3.8, 4) is 0 Å². The Labute approximate surface area is 156 Å². The van der Waals surface area contributed by atoms with Crippen molar-refractivity contribution in [2.75, 3.05) is 10.6 Å². The molecular weight excluding hydrogens is 433 g/mol. The number of halogens is 2. The Morgan fingerprint density at radius 3 is 2.77 bits per heavy atom. The highest BCUT2D eigenvalue weighted by molar-refractivity contribution is 9.09. The molecular formula is C15H15BrFN3O5S. The van der Waals surface area contributed by atoms with Crippen molar-refractivity contribution >= 4 is 53.4 Å². The van der Waals surface area contributed by atoms with Gasteiger partial charge in [0.05, 0.1) is 11.0 Å². The molecule has 0 spiro atoms. The van der Waals surface area contributed by atoms with Gasteiger partial charge in [0.25, 0.3) is 0 Å². The molecule has 0 saturated carbocycles. The van der Waals surface area contributed by atoms with Gasteiger partial charge >= 0.3 is 0 Å². The molecule has 0 fully saturated rings. The van der Waals surface area contributed by atoms with E-state index in [4.69, 9.17) is 9.36 Å². The number of benzene rings is 1. The molecule has 2 aromatic rings. The van der Waals surface area contributed by atoms with Crippen molar-refractivity contribution in [1.82, 2.24) is 5.16 Å². The molecule has 8 nitrogen and oxygen atoms in total. The fourth-order valence-electron chi connectivity index (χ4n) is 2.43. The number of hydrogen-bond donors (Lipinski definition) is 1. The van der Waals surface area contributed by atoms with E-state index in [-0.39, 0.29) is 33.8 Å². The van der Waals surface area contributed by atoms with Crippen LogP contribution in [0.15, 0.2) is 21.8 Å². The molecule has 26 heavy (non-hydrogen) atoms. The average molecular weight is 448 g/mol. The van der Waals surface area contributed by atoms with Gasteiger partial charge in [0.15, 0.2) is 16.4 Å². The number of oxime groups is 1. The molecule has 2 heterocycles. The number of fused-ring (bicyclic) bond motifs is 1. The van der Waals surface area contributed by atoms with Crippen LogP contribution >= 0.6 is 15.9 Å². The Morgan fingerprint density at radius 1 is 1.42 bits per heavy atom. The number of sulfone groups is 1. The maximum Gasteiger partial charge on any atom is 0.235 e. The summed E-state index contributed by atoms with van der Waals surface area (Å²) in [6.07, 6.45) is 0.145. The Hall–Kier alpha value is -2.01. The first-order valence-corrected chi connectivity index (χ1v) is 10.3. The number of amides is 1. The van der Waals surface area contributed by atoms with Gasteiger partial charge in [0.1, 0.15) is 17.0 Å². The van der Waals surface area contributed by atoms with Crippen LogP contribution in [-0.4, -0.2) is 35.5 Å². The van der Waals surface area contributed by atoms with Crippen LogP contribution < -0.4 is 5.32 Å². The third-order valence-electron chi connectivity index (χ3n) is 3.69. The molecule has 1 aliphatic heterocycles.